The van der Waals surface area contributed by atoms with Gasteiger partial charge in [-0.3, -0.25) is 38.4 Å². The van der Waals surface area contributed by atoms with E-state index in [0.29, 0.717) is 12.2 Å². The third-order valence-corrected chi connectivity index (χ3v) is 15.1. The van der Waals surface area contributed by atoms with Gasteiger partial charge in [0, 0.05) is 50.5 Å². The van der Waals surface area contributed by atoms with Crippen LogP contribution >= 0.6 is 0 Å². The fraction of sp³-hybridized carbons (Fsp3) is 0.458. The number of nitrogens with zero attached hydrogens (tertiary/aromatic N) is 2. The third-order valence-electron chi connectivity index (χ3n) is 15.1. The number of carbonyl (C=O) groups excluding carboxylic acids is 8. The Morgan fingerprint density at radius 3 is 1.78 bits per heavy atom. The largest absolute Gasteiger partial charge is 0.508 e. The molecule has 3 heterocycles. The van der Waals surface area contributed by atoms with Crippen molar-refractivity contribution in [1.82, 2.24) is 41.7 Å². The van der Waals surface area contributed by atoms with Crippen LogP contribution in [0.2, 0.25) is 0 Å². The van der Waals surface area contributed by atoms with E-state index in [2.05, 4.69) is 38.8 Å². The predicted octanol–water partition coefficient (Wildman–Crippen LogP) is -1.04. The zero-order valence-electron chi connectivity index (χ0n) is 46.6. The summed E-state index contributed by atoms with van der Waals surface area (Å²) in [7, 11) is 0. The summed E-state index contributed by atoms with van der Waals surface area (Å²) in [4.78, 5) is 116. The number of aliphatic hydroxyl groups is 5. The summed E-state index contributed by atoms with van der Waals surface area (Å²) in [5.41, 5.74) is 9.95. The van der Waals surface area contributed by atoms with Gasteiger partial charge in [0.1, 0.15) is 53.8 Å². The van der Waals surface area contributed by atoms with Gasteiger partial charge in [0.05, 0.1) is 37.1 Å². The van der Waals surface area contributed by atoms with Gasteiger partial charge in [-0.2, -0.15) is 0 Å². The molecular formula is C59H75N9O15. The van der Waals surface area contributed by atoms with E-state index in [1.54, 1.807) is 12.1 Å². The number of phenols is 1. The summed E-state index contributed by atoms with van der Waals surface area (Å²) in [6.45, 7) is 4.51. The lowest BCUT2D eigenvalue weighted by atomic mass is 9.99. The predicted molar refractivity (Wildman–Crippen MR) is 301 cm³/mol. The van der Waals surface area contributed by atoms with Gasteiger partial charge in [0.15, 0.2) is 0 Å². The lowest BCUT2D eigenvalue weighted by Crippen LogP contribution is -2.65. The summed E-state index contributed by atoms with van der Waals surface area (Å²) in [5, 5.41) is 80.6. The van der Waals surface area contributed by atoms with E-state index < -0.39 is 152 Å². The van der Waals surface area contributed by atoms with Gasteiger partial charge < -0.3 is 82.8 Å². The smallest absolute Gasteiger partial charge is 0.251 e. The Balaban J connectivity index is 1.17. The molecule has 0 aliphatic carbocycles. The molecule has 4 aromatic rings. The Bertz CT molecular complexity index is 2930. The molecule has 24 heteroatoms. The number of rotatable bonds is 15. The van der Waals surface area contributed by atoms with Crippen LogP contribution in [0.25, 0.3) is 22.3 Å². The maximum atomic E-state index is 14.5. The number of fused-ring (bicyclic) bond motifs is 2. The number of nitrogens with one attached hydrogen (secondary N) is 6. The minimum Gasteiger partial charge on any atom is -0.508 e. The second-order valence-electron chi connectivity index (χ2n) is 21.5. The summed E-state index contributed by atoms with van der Waals surface area (Å²) >= 11 is 0. The highest BCUT2D eigenvalue weighted by molar-refractivity contribution is 6.01. The molecule has 3 aliphatic heterocycles. The first-order chi connectivity index (χ1) is 39.6. The number of benzene rings is 4. The number of hydrogen-bond donors (Lipinski definition) is 13. The van der Waals surface area contributed by atoms with E-state index in [4.69, 9.17) is 10.5 Å². The van der Waals surface area contributed by atoms with E-state index in [1.165, 1.54) is 43.3 Å². The molecule has 0 spiro atoms. The van der Waals surface area contributed by atoms with E-state index in [0.717, 1.165) is 70.9 Å². The number of amides is 8. The quantitative estimate of drug-likeness (QED) is 0.0632. The Morgan fingerprint density at radius 2 is 1.22 bits per heavy atom. The molecule has 0 aromatic heterocycles. The van der Waals surface area contributed by atoms with E-state index in [-0.39, 0.29) is 24.3 Å². The zero-order chi connectivity index (χ0) is 60.2. The fourth-order valence-electron chi connectivity index (χ4n) is 10.3. The first-order valence-corrected chi connectivity index (χ1v) is 27.8. The van der Waals surface area contributed by atoms with Gasteiger partial charge in [-0.25, -0.2) is 0 Å². The molecule has 2 unspecified atom stereocenters. The highest BCUT2D eigenvalue weighted by atomic mass is 16.5. The average molecular weight is 1150 g/mol. The van der Waals surface area contributed by atoms with Crippen molar-refractivity contribution in [3.63, 3.8) is 0 Å². The SMILES string of the molecule is CCCCCOc1ccc(-c2ccc(-c3ccc(C(=O)N[C@H]4CNC(=O)[C@@H](CN)NC(=O)[C@@H]5[C@@H](O)[C@@H](C)CN5C(=O)[C@H](C(C)O)NC(=O)[C@H]([C@H](O)Cc5ccc(O)cc5)NC(=O)[C@@H]5C[C@@H](O)CN5C(=O)[C@H](C(C)O)NC4=O)cc3)cc2)cc1. The number of phenolic OH excluding ortho intramolecular Hbond substituents is 1. The summed E-state index contributed by atoms with van der Waals surface area (Å²) in [6.07, 6.45) is -5.76. The lowest BCUT2D eigenvalue weighted by molar-refractivity contribution is -0.147. The molecule has 8 amide bonds. The standard InChI is InChI=1S/C59H75N9O15/c1-5-6-7-24-83-42-22-18-38(19-23-42)36-12-10-35(11-13-36)37-14-16-39(17-15-37)52(75)63-44-28-61-53(76)43(27-60)62-57(80)50-51(74)31(2)29-68(50)59(82)48(33(4)70)65-56(79)49(46(73)25-34-8-20-40(71)21-9-34)66-55(78)45-26-41(72)30-67(45)58(81)47(32(3)69)64-54(44)77/h8-23,31-33,41,43-51,69-74H,5-7,24-30,60H2,1-4H3,(H,61,76)(H,62,80)(H,63,75)(H,64,77)(H,65,79)(H,66,78)/t31-,32?,33?,41+,43+,44-,45-,46+,47-,48-,49-,50-,51-/m0/s1. The van der Waals surface area contributed by atoms with E-state index in [9.17, 15) is 69.0 Å². The highest BCUT2D eigenvalue weighted by Gasteiger charge is 2.50. The topological polar surface area (TPSA) is 372 Å². The number of unbranched alkanes of at least 4 members (excludes halogenated alkanes) is 2. The van der Waals surface area contributed by atoms with Crippen LogP contribution in [-0.2, 0) is 40.0 Å². The Morgan fingerprint density at radius 1 is 0.675 bits per heavy atom. The number of aromatic hydroxyl groups is 1. The van der Waals surface area contributed by atoms with E-state index >= 15 is 0 Å². The van der Waals surface area contributed by atoms with Gasteiger partial charge in [-0.15, -0.1) is 0 Å². The van der Waals surface area contributed by atoms with Crippen molar-refractivity contribution < 1.29 is 73.7 Å². The maximum Gasteiger partial charge on any atom is 0.251 e. The van der Waals surface area contributed by atoms with Crippen molar-refractivity contribution in [3.8, 4) is 33.8 Å². The molecule has 0 radical (unpaired) electrons. The van der Waals surface area contributed by atoms with Crippen LogP contribution in [0, 0.1) is 5.92 Å². The molecule has 446 valence electrons. The second kappa shape index (κ2) is 28.3. The molecule has 13 atom stereocenters. The van der Waals surface area contributed by atoms with Crippen LogP contribution < -0.4 is 42.4 Å². The first-order valence-electron chi connectivity index (χ1n) is 27.8. The van der Waals surface area contributed by atoms with Crippen molar-refractivity contribution in [1.29, 1.82) is 0 Å². The van der Waals surface area contributed by atoms with Crippen LogP contribution in [0.4, 0.5) is 0 Å². The molecule has 3 aliphatic rings. The van der Waals surface area contributed by atoms with Crippen molar-refractivity contribution in [2.75, 3.05) is 32.8 Å². The molecule has 24 nitrogen and oxygen atoms in total. The summed E-state index contributed by atoms with van der Waals surface area (Å²) in [6, 6.07) is 15.0. The lowest BCUT2D eigenvalue weighted by Gasteiger charge is -2.34. The molecule has 14 N–H and O–H groups in total. The number of ether oxygens (including phenoxy) is 1. The highest BCUT2D eigenvalue weighted by Crippen LogP contribution is 2.29. The zero-order valence-corrected chi connectivity index (χ0v) is 46.6. The van der Waals surface area contributed by atoms with Crippen molar-refractivity contribution in [2.24, 2.45) is 11.7 Å². The number of nitrogens with two attached hydrogens (primary N) is 1. The van der Waals surface area contributed by atoms with Gasteiger partial charge in [-0.1, -0.05) is 87.4 Å². The Kier molecular flexibility index (Phi) is 21.4. The van der Waals surface area contributed by atoms with Crippen LogP contribution in [0.3, 0.4) is 0 Å². The van der Waals surface area contributed by atoms with Crippen LogP contribution in [0.15, 0.2) is 97.1 Å². The third kappa shape index (κ3) is 15.6. The van der Waals surface area contributed by atoms with Crippen molar-refractivity contribution >= 4 is 47.3 Å². The van der Waals surface area contributed by atoms with Gasteiger partial charge in [0.2, 0.25) is 41.4 Å². The molecule has 3 fully saturated rings. The molecule has 4 aromatic carbocycles. The van der Waals surface area contributed by atoms with Gasteiger partial charge in [-0.05, 0) is 84.5 Å². The average Bonchev–Trinajstić information content (AvgIpc) is 4.04. The molecule has 3 saturated heterocycles. The fourth-order valence-corrected chi connectivity index (χ4v) is 10.3. The Hall–Kier alpha value is -8.00. The first kappa shape index (κ1) is 62.6. The minimum absolute atomic E-state index is 0.0660. The number of hydrogen-bond acceptors (Lipinski definition) is 16. The monoisotopic (exact) mass is 1150 g/mol. The molecule has 7 rings (SSSR count). The summed E-state index contributed by atoms with van der Waals surface area (Å²) in [5.74, 6) is -8.66. The Labute approximate surface area is 480 Å². The van der Waals surface area contributed by atoms with Gasteiger partial charge in [0.25, 0.3) is 5.91 Å². The maximum absolute atomic E-state index is 14.5. The molecule has 0 saturated carbocycles. The summed E-state index contributed by atoms with van der Waals surface area (Å²) < 4.78 is 5.85. The number of carbonyl (C=O) groups is 8. The van der Waals surface area contributed by atoms with Gasteiger partial charge >= 0.3 is 0 Å². The number of aliphatic hydroxyl groups excluding tert-OH is 5. The normalized spacial score (nSPS) is 26.1. The van der Waals surface area contributed by atoms with Crippen LogP contribution in [-0.4, -0.2) is 193 Å². The van der Waals surface area contributed by atoms with E-state index in [1.807, 2.05) is 48.5 Å². The van der Waals surface area contributed by atoms with Crippen LogP contribution in [0.1, 0.15) is 69.3 Å². The molecule has 83 heavy (non-hydrogen) atoms. The van der Waals surface area contributed by atoms with Crippen LogP contribution in [0.5, 0.6) is 11.5 Å². The van der Waals surface area contributed by atoms with Crippen molar-refractivity contribution in [2.45, 2.75) is 133 Å². The molecule has 0 bridgehead atoms. The molecular weight excluding hydrogens is 1070 g/mol. The second-order valence-corrected chi connectivity index (χ2v) is 21.5. The minimum atomic E-state index is -1.97. The van der Waals surface area contributed by atoms with Crippen molar-refractivity contribution in [3.05, 3.63) is 108 Å².